The Morgan fingerprint density at radius 2 is 2.19 bits per heavy atom. The molecular formula is C12H18N2O2. The molecule has 0 unspecified atom stereocenters. The number of aliphatic carboxylic acids is 1. The van der Waals surface area contributed by atoms with Gasteiger partial charge in [0.1, 0.15) is 0 Å². The van der Waals surface area contributed by atoms with Crippen molar-refractivity contribution in [3.05, 3.63) is 23.3 Å². The van der Waals surface area contributed by atoms with Gasteiger partial charge in [0.15, 0.2) is 0 Å². The third-order valence-corrected chi connectivity index (χ3v) is 2.60. The summed E-state index contributed by atoms with van der Waals surface area (Å²) in [6.45, 7) is 4.75. The maximum absolute atomic E-state index is 10.5. The number of anilines is 2. The van der Waals surface area contributed by atoms with Crippen LogP contribution in [-0.2, 0) is 11.2 Å². The van der Waals surface area contributed by atoms with E-state index in [4.69, 9.17) is 10.8 Å². The van der Waals surface area contributed by atoms with E-state index in [1.807, 2.05) is 26.0 Å². The molecule has 1 rings (SSSR count). The minimum Gasteiger partial charge on any atom is -0.481 e. The lowest BCUT2D eigenvalue weighted by Gasteiger charge is -2.13. The van der Waals surface area contributed by atoms with Crippen molar-refractivity contribution in [2.45, 2.75) is 26.7 Å². The lowest BCUT2D eigenvalue weighted by molar-refractivity contribution is -0.136. The van der Waals surface area contributed by atoms with Crippen LogP contribution in [0.25, 0.3) is 0 Å². The standard InChI is InChI=1S/C12H18N2O2/c1-3-14-10-6-4-9(5-7-11(15)16)8(2)12(10)13/h4,6,14H,3,5,7,13H2,1-2H3,(H,15,16). The van der Waals surface area contributed by atoms with Gasteiger partial charge in [0.25, 0.3) is 0 Å². The van der Waals surface area contributed by atoms with Crippen LogP contribution in [0.3, 0.4) is 0 Å². The van der Waals surface area contributed by atoms with E-state index in [1.165, 1.54) is 0 Å². The van der Waals surface area contributed by atoms with Crippen LogP contribution < -0.4 is 11.1 Å². The number of carboxylic acids is 1. The number of nitrogen functional groups attached to an aromatic ring is 1. The van der Waals surface area contributed by atoms with Gasteiger partial charge in [-0.2, -0.15) is 0 Å². The lowest BCUT2D eigenvalue weighted by atomic mass is 10.0. The Kier molecular flexibility index (Phi) is 4.17. The van der Waals surface area contributed by atoms with Gasteiger partial charge in [-0.05, 0) is 37.5 Å². The molecule has 4 N–H and O–H groups in total. The highest BCUT2D eigenvalue weighted by Crippen LogP contribution is 2.26. The first-order valence-corrected chi connectivity index (χ1v) is 5.39. The number of nitrogens with two attached hydrogens (primary N) is 1. The van der Waals surface area contributed by atoms with Crippen molar-refractivity contribution < 1.29 is 9.90 Å². The van der Waals surface area contributed by atoms with Crippen molar-refractivity contribution in [1.29, 1.82) is 0 Å². The van der Waals surface area contributed by atoms with E-state index in [0.29, 0.717) is 12.1 Å². The Hall–Kier alpha value is -1.71. The molecule has 0 saturated carbocycles. The summed E-state index contributed by atoms with van der Waals surface area (Å²) in [4.78, 5) is 10.5. The average molecular weight is 222 g/mol. The second-order valence-corrected chi connectivity index (χ2v) is 3.73. The summed E-state index contributed by atoms with van der Waals surface area (Å²) in [6.07, 6.45) is 0.665. The van der Waals surface area contributed by atoms with E-state index >= 15 is 0 Å². The fourth-order valence-corrected chi connectivity index (χ4v) is 1.63. The number of hydrogen-bond donors (Lipinski definition) is 3. The van der Waals surface area contributed by atoms with Crippen LogP contribution in [0.15, 0.2) is 12.1 Å². The fraction of sp³-hybridized carbons (Fsp3) is 0.417. The molecular weight excluding hydrogens is 204 g/mol. The van der Waals surface area contributed by atoms with E-state index in [1.54, 1.807) is 0 Å². The summed E-state index contributed by atoms with van der Waals surface area (Å²) in [5.41, 5.74) is 9.57. The maximum atomic E-state index is 10.5. The number of aryl methyl sites for hydroxylation is 1. The predicted octanol–water partition coefficient (Wildman–Crippen LogP) is 2.03. The van der Waals surface area contributed by atoms with Gasteiger partial charge in [0.05, 0.1) is 11.4 Å². The van der Waals surface area contributed by atoms with Crippen molar-refractivity contribution in [1.82, 2.24) is 0 Å². The van der Waals surface area contributed by atoms with Gasteiger partial charge in [-0.1, -0.05) is 6.07 Å². The van der Waals surface area contributed by atoms with Gasteiger partial charge >= 0.3 is 5.97 Å². The van der Waals surface area contributed by atoms with Crippen molar-refractivity contribution in [3.63, 3.8) is 0 Å². The third kappa shape index (κ3) is 2.89. The second-order valence-electron chi connectivity index (χ2n) is 3.73. The molecule has 0 atom stereocenters. The van der Waals surface area contributed by atoms with Crippen LogP contribution in [0.5, 0.6) is 0 Å². The summed E-state index contributed by atoms with van der Waals surface area (Å²) < 4.78 is 0. The summed E-state index contributed by atoms with van der Waals surface area (Å²) in [5, 5.41) is 11.8. The molecule has 16 heavy (non-hydrogen) atoms. The van der Waals surface area contributed by atoms with Crippen LogP contribution in [0.1, 0.15) is 24.5 Å². The first-order valence-electron chi connectivity index (χ1n) is 5.39. The van der Waals surface area contributed by atoms with Crippen molar-refractivity contribution in [2.24, 2.45) is 0 Å². The number of nitrogens with one attached hydrogen (secondary N) is 1. The van der Waals surface area contributed by atoms with Crippen molar-refractivity contribution in [2.75, 3.05) is 17.6 Å². The number of carboxylic acid groups (broad SMARTS) is 1. The highest BCUT2D eigenvalue weighted by atomic mass is 16.4. The van der Waals surface area contributed by atoms with Crippen LogP contribution in [0.4, 0.5) is 11.4 Å². The van der Waals surface area contributed by atoms with Crippen molar-refractivity contribution >= 4 is 17.3 Å². The molecule has 0 amide bonds. The van der Waals surface area contributed by atoms with Gasteiger partial charge < -0.3 is 16.2 Å². The van der Waals surface area contributed by atoms with Crippen LogP contribution >= 0.6 is 0 Å². The molecule has 0 heterocycles. The Bertz CT molecular complexity index is 389. The SMILES string of the molecule is CCNc1ccc(CCC(=O)O)c(C)c1N. The third-order valence-electron chi connectivity index (χ3n) is 2.60. The van der Waals surface area contributed by atoms with E-state index in [-0.39, 0.29) is 6.42 Å². The van der Waals surface area contributed by atoms with Gasteiger partial charge in [-0.3, -0.25) is 4.79 Å². The zero-order valence-electron chi connectivity index (χ0n) is 9.71. The summed E-state index contributed by atoms with van der Waals surface area (Å²) in [6, 6.07) is 3.84. The highest BCUT2D eigenvalue weighted by Gasteiger charge is 2.07. The van der Waals surface area contributed by atoms with E-state index in [9.17, 15) is 4.79 Å². The molecule has 4 heteroatoms. The second kappa shape index (κ2) is 5.39. The monoisotopic (exact) mass is 222 g/mol. The lowest BCUT2D eigenvalue weighted by Crippen LogP contribution is -2.05. The molecule has 0 bridgehead atoms. The number of rotatable bonds is 5. The Morgan fingerprint density at radius 1 is 1.50 bits per heavy atom. The van der Waals surface area contributed by atoms with Crippen molar-refractivity contribution in [3.8, 4) is 0 Å². The number of carbonyl (C=O) groups is 1. The maximum Gasteiger partial charge on any atom is 0.303 e. The van der Waals surface area contributed by atoms with Gasteiger partial charge in [0, 0.05) is 13.0 Å². The first-order chi connectivity index (χ1) is 7.56. The molecule has 0 aliphatic heterocycles. The molecule has 4 nitrogen and oxygen atoms in total. The van der Waals surface area contributed by atoms with E-state index in [2.05, 4.69) is 5.32 Å². The normalized spacial score (nSPS) is 10.1. The molecule has 0 aromatic heterocycles. The fourth-order valence-electron chi connectivity index (χ4n) is 1.63. The molecule has 0 aliphatic carbocycles. The Labute approximate surface area is 95.5 Å². The first kappa shape index (κ1) is 12.4. The Morgan fingerprint density at radius 3 is 2.75 bits per heavy atom. The van der Waals surface area contributed by atoms with Crippen LogP contribution in [0, 0.1) is 6.92 Å². The smallest absolute Gasteiger partial charge is 0.303 e. The molecule has 1 aromatic carbocycles. The van der Waals surface area contributed by atoms with E-state index in [0.717, 1.165) is 23.4 Å². The molecule has 1 aromatic rings. The molecule has 0 aliphatic rings. The molecule has 0 saturated heterocycles. The van der Waals surface area contributed by atoms with Crippen LogP contribution in [-0.4, -0.2) is 17.6 Å². The molecule has 0 spiro atoms. The predicted molar refractivity (Wildman–Crippen MR) is 65.7 cm³/mol. The number of hydrogen-bond acceptors (Lipinski definition) is 3. The van der Waals surface area contributed by atoms with Crippen LogP contribution in [0.2, 0.25) is 0 Å². The zero-order valence-corrected chi connectivity index (χ0v) is 9.71. The summed E-state index contributed by atoms with van der Waals surface area (Å²) in [7, 11) is 0. The highest BCUT2D eigenvalue weighted by molar-refractivity contribution is 5.72. The van der Waals surface area contributed by atoms with Gasteiger partial charge in [-0.25, -0.2) is 0 Å². The largest absolute Gasteiger partial charge is 0.481 e. The molecule has 88 valence electrons. The minimum absolute atomic E-state index is 0.140. The van der Waals surface area contributed by atoms with E-state index < -0.39 is 5.97 Å². The van der Waals surface area contributed by atoms with Gasteiger partial charge in [-0.15, -0.1) is 0 Å². The minimum atomic E-state index is -0.784. The summed E-state index contributed by atoms with van der Waals surface area (Å²) >= 11 is 0. The topological polar surface area (TPSA) is 75.3 Å². The average Bonchev–Trinajstić information content (AvgIpc) is 2.24. The van der Waals surface area contributed by atoms with Gasteiger partial charge in [0.2, 0.25) is 0 Å². The quantitative estimate of drug-likeness (QED) is 0.666. The zero-order chi connectivity index (χ0) is 12.1. The molecule has 0 fully saturated rings. The number of benzene rings is 1. The molecule has 0 radical (unpaired) electrons. The summed E-state index contributed by atoms with van der Waals surface area (Å²) in [5.74, 6) is -0.784. The Balaban J connectivity index is 2.88.